The van der Waals surface area contributed by atoms with E-state index in [4.69, 9.17) is 0 Å². The van der Waals surface area contributed by atoms with E-state index in [2.05, 4.69) is 20.7 Å². The summed E-state index contributed by atoms with van der Waals surface area (Å²) in [5.74, 6) is -5.06. The van der Waals surface area contributed by atoms with Crippen LogP contribution < -0.4 is 0 Å². The number of nitrogens with zero attached hydrogens (tertiary/aromatic N) is 4. The van der Waals surface area contributed by atoms with Gasteiger partial charge in [0.2, 0.25) is 0 Å². The van der Waals surface area contributed by atoms with Crippen molar-refractivity contribution in [2.24, 2.45) is 20.7 Å². The molecule has 0 aliphatic carbocycles. The van der Waals surface area contributed by atoms with Gasteiger partial charge in [-0.25, -0.2) is 0 Å². The average molecular weight is 216 g/mol. The highest BCUT2D eigenvalue weighted by Gasteiger charge is 2.72. The fourth-order valence-electron chi connectivity index (χ4n) is 0.924. The molecular weight excluding hydrogens is 211 g/mol. The van der Waals surface area contributed by atoms with Crippen molar-refractivity contribution in [3.05, 3.63) is 0 Å². The van der Waals surface area contributed by atoms with Crippen LogP contribution in [0.2, 0.25) is 0 Å². The fourth-order valence-corrected chi connectivity index (χ4v) is 0.924. The molecule has 0 amide bonds. The molecule has 0 bridgehead atoms. The minimum atomic E-state index is -5.72. The zero-order valence-corrected chi connectivity index (χ0v) is 6.89. The molecule has 0 spiro atoms. The van der Waals surface area contributed by atoms with Crippen molar-refractivity contribution >= 4 is 0 Å². The van der Waals surface area contributed by atoms with Crippen LogP contribution in [0.4, 0.5) is 22.0 Å². The van der Waals surface area contributed by atoms with Crippen LogP contribution in [0.5, 0.6) is 0 Å². The maximum Gasteiger partial charge on any atom is 0.458 e. The van der Waals surface area contributed by atoms with E-state index in [0.29, 0.717) is 0 Å². The third-order valence-electron chi connectivity index (χ3n) is 1.81. The van der Waals surface area contributed by atoms with Crippen molar-refractivity contribution in [1.82, 2.24) is 0 Å². The maximum absolute atomic E-state index is 12.9. The van der Waals surface area contributed by atoms with Gasteiger partial charge in [-0.1, -0.05) is 6.92 Å². The van der Waals surface area contributed by atoms with Crippen LogP contribution in [-0.4, -0.2) is 17.8 Å². The van der Waals surface area contributed by atoms with Gasteiger partial charge in [-0.3, -0.25) is 0 Å². The predicted octanol–water partition coefficient (Wildman–Crippen LogP) is 3.12. The van der Waals surface area contributed by atoms with Crippen molar-refractivity contribution in [2.45, 2.75) is 31.1 Å². The molecule has 1 heterocycles. The van der Waals surface area contributed by atoms with Gasteiger partial charge in [-0.15, -0.1) is 10.2 Å². The van der Waals surface area contributed by atoms with Gasteiger partial charge in [0.1, 0.15) is 0 Å². The molecule has 0 aromatic rings. The molecule has 0 saturated heterocycles. The Hall–Kier alpha value is -1.15. The summed E-state index contributed by atoms with van der Waals surface area (Å²) in [6.07, 6.45) is -6.35. The summed E-state index contributed by atoms with van der Waals surface area (Å²) < 4.78 is 61.6. The monoisotopic (exact) mass is 216 g/mol. The number of rotatable bonds is 2. The molecule has 1 rings (SSSR count). The number of hydrogen-bond donors (Lipinski definition) is 0. The summed E-state index contributed by atoms with van der Waals surface area (Å²) in [5.41, 5.74) is -2.93. The molecule has 0 fully saturated rings. The average Bonchev–Trinajstić information content (AvgIpc) is 2.51. The lowest BCUT2D eigenvalue weighted by atomic mass is 10.0. The van der Waals surface area contributed by atoms with E-state index in [1.165, 1.54) is 0 Å². The van der Waals surface area contributed by atoms with E-state index in [1.807, 2.05) is 0 Å². The van der Waals surface area contributed by atoms with Crippen molar-refractivity contribution in [3.8, 4) is 0 Å². The zero-order chi connectivity index (χ0) is 11.0. The van der Waals surface area contributed by atoms with E-state index in [9.17, 15) is 22.0 Å². The molecule has 9 heteroatoms. The van der Waals surface area contributed by atoms with Crippen LogP contribution >= 0.6 is 0 Å². The van der Waals surface area contributed by atoms with Crippen molar-refractivity contribution < 1.29 is 22.0 Å². The molecule has 0 atom stereocenters. The Balaban J connectivity index is 3.13. The molecule has 1 aliphatic heterocycles. The summed E-state index contributed by atoms with van der Waals surface area (Å²) in [6, 6.07) is 0. The summed E-state index contributed by atoms with van der Waals surface area (Å²) in [4.78, 5) is 0. The molecule has 14 heavy (non-hydrogen) atoms. The van der Waals surface area contributed by atoms with Gasteiger partial charge in [0.15, 0.2) is 0 Å². The minimum absolute atomic E-state index is 0.632. The Bertz CT molecular complexity index is 268. The van der Waals surface area contributed by atoms with Crippen LogP contribution in [0.15, 0.2) is 20.7 Å². The maximum atomic E-state index is 12.9. The highest BCUT2D eigenvalue weighted by Crippen LogP contribution is 2.49. The van der Waals surface area contributed by atoms with Gasteiger partial charge >= 0.3 is 12.1 Å². The number of alkyl halides is 5. The van der Waals surface area contributed by atoms with Crippen LogP contribution in [0.25, 0.3) is 0 Å². The Labute approximate surface area is 74.9 Å². The van der Waals surface area contributed by atoms with E-state index in [0.717, 1.165) is 6.92 Å². The van der Waals surface area contributed by atoms with Crippen LogP contribution in [0.1, 0.15) is 13.3 Å². The molecule has 0 saturated carbocycles. The molecule has 0 aromatic carbocycles. The predicted molar refractivity (Wildman–Crippen MR) is 33.7 cm³/mol. The quantitative estimate of drug-likeness (QED) is 0.636. The van der Waals surface area contributed by atoms with Crippen molar-refractivity contribution in [3.63, 3.8) is 0 Å². The number of halogens is 5. The largest absolute Gasteiger partial charge is 0.458 e. The van der Waals surface area contributed by atoms with E-state index < -0.39 is 24.2 Å². The molecule has 0 unspecified atom stereocenters. The Morgan fingerprint density at radius 1 is 1.00 bits per heavy atom. The van der Waals surface area contributed by atoms with Crippen molar-refractivity contribution in [2.75, 3.05) is 0 Å². The van der Waals surface area contributed by atoms with Crippen LogP contribution in [-0.2, 0) is 0 Å². The Kier molecular flexibility index (Phi) is 2.28. The first-order chi connectivity index (χ1) is 6.27. The van der Waals surface area contributed by atoms with Gasteiger partial charge < -0.3 is 0 Å². The summed E-state index contributed by atoms with van der Waals surface area (Å²) in [6.45, 7) is 1.10. The van der Waals surface area contributed by atoms with Gasteiger partial charge in [0.25, 0.3) is 5.66 Å². The van der Waals surface area contributed by atoms with Gasteiger partial charge in [0.05, 0.1) is 0 Å². The second-order valence-corrected chi connectivity index (χ2v) is 2.62. The lowest BCUT2D eigenvalue weighted by Crippen LogP contribution is -2.53. The first-order valence-electron chi connectivity index (χ1n) is 3.55. The molecular formula is C5H5F5N4. The number of hydrogen-bond acceptors (Lipinski definition) is 4. The standard InChI is InChI=1S/C5H5F5N4/c1-2-3(11-13-14-12-3)4(6,7)5(8,9)10/h2H2,1H3. The van der Waals surface area contributed by atoms with E-state index in [-0.39, 0.29) is 0 Å². The summed E-state index contributed by atoms with van der Waals surface area (Å²) in [5, 5.41) is 10.9. The lowest BCUT2D eigenvalue weighted by molar-refractivity contribution is -0.306. The summed E-state index contributed by atoms with van der Waals surface area (Å²) in [7, 11) is 0. The summed E-state index contributed by atoms with van der Waals surface area (Å²) >= 11 is 0. The minimum Gasteiger partial charge on any atom is -0.191 e. The first kappa shape index (κ1) is 10.9. The normalized spacial score (nSPS) is 20.4. The molecule has 1 aliphatic rings. The van der Waals surface area contributed by atoms with E-state index in [1.54, 1.807) is 0 Å². The van der Waals surface area contributed by atoms with Gasteiger partial charge in [-0.2, -0.15) is 22.0 Å². The highest BCUT2D eigenvalue weighted by atomic mass is 19.4. The van der Waals surface area contributed by atoms with Gasteiger partial charge in [-0.05, 0) is 10.4 Å². The van der Waals surface area contributed by atoms with Gasteiger partial charge in [0, 0.05) is 6.42 Å². The molecule has 4 nitrogen and oxygen atoms in total. The topological polar surface area (TPSA) is 49.4 Å². The Morgan fingerprint density at radius 2 is 1.43 bits per heavy atom. The zero-order valence-electron chi connectivity index (χ0n) is 6.89. The molecule has 0 aromatic heterocycles. The van der Waals surface area contributed by atoms with Crippen molar-refractivity contribution in [1.29, 1.82) is 0 Å². The molecule has 80 valence electrons. The third-order valence-corrected chi connectivity index (χ3v) is 1.81. The van der Waals surface area contributed by atoms with Crippen LogP contribution in [0, 0.1) is 0 Å². The smallest absolute Gasteiger partial charge is 0.191 e. The molecule has 0 radical (unpaired) electrons. The second-order valence-electron chi connectivity index (χ2n) is 2.62. The van der Waals surface area contributed by atoms with E-state index >= 15 is 0 Å². The lowest BCUT2D eigenvalue weighted by Gasteiger charge is -2.29. The van der Waals surface area contributed by atoms with Crippen LogP contribution in [0.3, 0.4) is 0 Å². The molecule has 0 N–H and O–H groups in total. The highest BCUT2D eigenvalue weighted by molar-refractivity contribution is 5.01. The SMILES string of the molecule is CCC1(C(F)(F)C(F)(F)F)N=NN=N1. The fraction of sp³-hybridized carbons (Fsp3) is 1.00. The first-order valence-corrected chi connectivity index (χ1v) is 3.55. The third kappa shape index (κ3) is 1.26. The Morgan fingerprint density at radius 3 is 1.71 bits per heavy atom. The second kappa shape index (κ2) is 2.92.